The third-order valence-electron chi connectivity index (χ3n) is 2.46. The van der Waals surface area contributed by atoms with Crippen LogP contribution in [0.5, 0.6) is 0 Å². The summed E-state index contributed by atoms with van der Waals surface area (Å²) in [6.07, 6.45) is 0.327. The molecular weight excluding hydrogens is 238 g/mol. The van der Waals surface area contributed by atoms with E-state index in [1.54, 1.807) is 20.8 Å². The van der Waals surface area contributed by atoms with E-state index >= 15 is 0 Å². The van der Waals surface area contributed by atoms with E-state index in [9.17, 15) is 9.59 Å². The number of nitrogens with one attached hydrogen (secondary N) is 1. The predicted molar refractivity (Wildman–Crippen MR) is 64.0 cm³/mol. The minimum atomic E-state index is -0.532. The molecule has 1 saturated heterocycles. The molecule has 0 aromatic carbocycles. The zero-order valence-corrected chi connectivity index (χ0v) is 11.3. The molecule has 1 aliphatic rings. The molecule has 1 rings (SSSR count). The second kappa shape index (κ2) is 6.15. The molecule has 1 fully saturated rings. The van der Waals surface area contributed by atoms with Crippen molar-refractivity contribution in [1.82, 2.24) is 5.32 Å². The maximum atomic E-state index is 11.5. The average molecular weight is 259 g/mol. The van der Waals surface area contributed by atoms with E-state index in [4.69, 9.17) is 9.47 Å². The smallest absolute Gasteiger partial charge is 0.332 e. The van der Waals surface area contributed by atoms with Gasteiger partial charge in [0.15, 0.2) is 0 Å². The maximum Gasteiger partial charge on any atom is 0.332 e. The number of carbonyl (C=O) groups excluding carboxylic acids is 2. The van der Waals surface area contributed by atoms with E-state index in [-0.39, 0.29) is 18.7 Å². The molecule has 1 aliphatic heterocycles. The van der Waals surface area contributed by atoms with E-state index in [0.717, 1.165) is 0 Å². The lowest BCUT2D eigenvalue weighted by molar-refractivity contribution is -0.164. The van der Waals surface area contributed by atoms with Crippen LogP contribution in [-0.4, -0.2) is 49.9 Å². The van der Waals surface area contributed by atoms with Crippen LogP contribution in [0.4, 0.5) is 0 Å². The van der Waals surface area contributed by atoms with Gasteiger partial charge in [-0.2, -0.15) is 0 Å². The monoisotopic (exact) mass is 259 g/mol. The molecule has 18 heavy (non-hydrogen) atoms. The summed E-state index contributed by atoms with van der Waals surface area (Å²) in [4.78, 5) is 22.9. The van der Waals surface area contributed by atoms with Gasteiger partial charge in [0.25, 0.3) is 0 Å². The van der Waals surface area contributed by atoms with Crippen molar-refractivity contribution in [1.29, 1.82) is 0 Å². The van der Waals surface area contributed by atoms with Gasteiger partial charge < -0.3 is 19.5 Å². The first-order valence-electron chi connectivity index (χ1n) is 5.98. The summed E-state index contributed by atoms with van der Waals surface area (Å²) in [6, 6.07) is -0.502. The summed E-state index contributed by atoms with van der Waals surface area (Å²) in [5.74, 6) is -0.806. The predicted octanol–water partition coefficient (Wildman–Crippen LogP) is 0.248. The summed E-state index contributed by atoms with van der Waals surface area (Å²) in [5, 5.41) is 2.98. The number of esters is 2. The van der Waals surface area contributed by atoms with Gasteiger partial charge in [0.1, 0.15) is 18.2 Å². The minimum Gasteiger partial charge on any atom is -0.468 e. The van der Waals surface area contributed by atoms with Crippen LogP contribution in [0, 0.1) is 0 Å². The minimum absolute atomic E-state index is 0.156. The highest BCUT2D eigenvalue weighted by molar-refractivity contribution is 5.77. The van der Waals surface area contributed by atoms with Gasteiger partial charge >= 0.3 is 11.9 Å². The average Bonchev–Trinajstić information content (AvgIpc) is 2.71. The zero-order chi connectivity index (χ0) is 13.8. The summed E-state index contributed by atoms with van der Waals surface area (Å²) in [7, 11) is 1.33. The fourth-order valence-corrected chi connectivity index (χ4v) is 1.77. The van der Waals surface area contributed by atoms with Crippen LogP contribution in [0.1, 0.15) is 27.2 Å². The summed E-state index contributed by atoms with van der Waals surface area (Å²) >= 11 is 0. The second-order valence-electron chi connectivity index (χ2n) is 5.18. The van der Waals surface area contributed by atoms with Crippen molar-refractivity contribution in [3.8, 4) is 0 Å². The third-order valence-corrected chi connectivity index (χ3v) is 2.46. The Morgan fingerprint density at radius 1 is 1.33 bits per heavy atom. The number of methoxy groups -OCH3 is 1. The summed E-state index contributed by atoms with van der Waals surface area (Å²) in [6.45, 7) is 5.88. The fraction of sp³-hybridized carbons (Fsp3) is 0.833. The van der Waals surface area contributed by atoms with Crippen LogP contribution >= 0.6 is 0 Å². The van der Waals surface area contributed by atoms with Crippen LogP contribution in [0.25, 0.3) is 0 Å². The molecule has 0 aromatic rings. The van der Waals surface area contributed by atoms with Crippen LogP contribution in [0.3, 0.4) is 0 Å². The first-order chi connectivity index (χ1) is 8.33. The lowest BCUT2D eigenvalue weighted by atomic mass is 10.2. The summed E-state index contributed by atoms with van der Waals surface area (Å²) < 4.78 is 15.2. The number of carbonyl (C=O) groups is 2. The number of hydrogen-bond acceptors (Lipinski definition) is 6. The van der Waals surface area contributed by atoms with Gasteiger partial charge in [0.2, 0.25) is 0 Å². The molecule has 1 heterocycles. The van der Waals surface area contributed by atoms with Crippen molar-refractivity contribution in [3.05, 3.63) is 0 Å². The molecule has 0 unspecified atom stereocenters. The fourth-order valence-electron chi connectivity index (χ4n) is 1.77. The molecule has 2 atom stereocenters. The standard InChI is InChI=1S/C12H21NO5/c1-12(2,3)18-9(14)7-17-8-5-6-13-10(8)11(15)16-4/h8,10,13H,5-7H2,1-4H3/t8-,10-/m0/s1. The van der Waals surface area contributed by atoms with Crippen LogP contribution in [0.15, 0.2) is 0 Å². The van der Waals surface area contributed by atoms with E-state index < -0.39 is 17.6 Å². The Hall–Kier alpha value is -1.14. The Balaban J connectivity index is 2.38. The Bertz CT molecular complexity index is 310. The van der Waals surface area contributed by atoms with Crippen molar-refractivity contribution in [2.24, 2.45) is 0 Å². The molecule has 0 radical (unpaired) electrons. The second-order valence-corrected chi connectivity index (χ2v) is 5.18. The lowest BCUT2D eigenvalue weighted by Crippen LogP contribution is -2.41. The van der Waals surface area contributed by atoms with Crippen molar-refractivity contribution >= 4 is 11.9 Å². The summed E-state index contributed by atoms with van der Waals surface area (Å²) in [5.41, 5.74) is -0.532. The first kappa shape index (κ1) is 14.9. The molecular formula is C12H21NO5. The Morgan fingerprint density at radius 2 is 2.00 bits per heavy atom. The molecule has 0 saturated carbocycles. The topological polar surface area (TPSA) is 73.9 Å². The highest BCUT2D eigenvalue weighted by atomic mass is 16.6. The van der Waals surface area contributed by atoms with E-state index in [1.165, 1.54) is 7.11 Å². The van der Waals surface area contributed by atoms with Gasteiger partial charge in [-0.25, -0.2) is 4.79 Å². The van der Waals surface area contributed by atoms with Gasteiger partial charge in [-0.3, -0.25) is 4.79 Å². The first-order valence-corrected chi connectivity index (χ1v) is 5.98. The molecule has 0 aromatic heterocycles. The third kappa shape index (κ3) is 4.62. The van der Waals surface area contributed by atoms with Gasteiger partial charge in [-0.05, 0) is 33.7 Å². The van der Waals surface area contributed by atoms with Gasteiger partial charge in [0.05, 0.1) is 13.2 Å². The van der Waals surface area contributed by atoms with Crippen molar-refractivity contribution in [3.63, 3.8) is 0 Å². The van der Waals surface area contributed by atoms with Gasteiger partial charge in [-0.15, -0.1) is 0 Å². The Kier molecular flexibility index (Phi) is 5.10. The maximum absolute atomic E-state index is 11.5. The zero-order valence-electron chi connectivity index (χ0n) is 11.3. The van der Waals surface area contributed by atoms with Gasteiger partial charge in [-0.1, -0.05) is 0 Å². The number of rotatable bonds is 4. The SMILES string of the molecule is COC(=O)[C@H]1NCC[C@@H]1OCC(=O)OC(C)(C)C. The number of hydrogen-bond donors (Lipinski definition) is 1. The Labute approximate surface area is 107 Å². The largest absolute Gasteiger partial charge is 0.468 e. The van der Waals surface area contributed by atoms with Gasteiger partial charge in [0, 0.05) is 0 Å². The Morgan fingerprint density at radius 3 is 2.56 bits per heavy atom. The van der Waals surface area contributed by atoms with Crippen molar-refractivity contribution < 1.29 is 23.8 Å². The van der Waals surface area contributed by atoms with Crippen LogP contribution in [-0.2, 0) is 23.8 Å². The van der Waals surface area contributed by atoms with Crippen LogP contribution < -0.4 is 5.32 Å². The van der Waals surface area contributed by atoms with Crippen molar-refractivity contribution in [2.75, 3.05) is 20.3 Å². The van der Waals surface area contributed by atoms with E-state index in [1.807, 2.05) is 0 Å². The molecule has 1 N–H and O–H groups in total. The highest BCUT2D eigenvalue weighted by Crippen LogP contribution is 2.14. The molecule has 6 nitrogen and oxygen atoms in total. The highest BCUT2D eigenvalue weighted by Gasteiger charge is 2.35. The normalized spacial score (nSPS) is 23.8. The number of ether oxygens (including phenoxy) is 3. The molecule has 6 heteroatoms. The quantitative estimate of drug-likeness (QED) is 0.729. The van der Waals surface area contributed by atoms with Crippen molar-refractivity contribution in [2.45, 2.75) is 44.9 Å². The molecule has 0 amide bonds. The molecule has 104 valence electrons. The lowest BCUT2D eigenvalue weighted by Gasteiger charge is -2.21. The van der Waals surface area contributed by atoms with Crippen LogP contribution in [0.2, 0.25) is 0 Å². The van der Waals surface area contributed by atoms with E-state index in [0.29, 0.717) is 13.0 Å². The molecule has 0 spiro atoms. The molecule has 0 aliphatic carbocycles. The molecule has 0 bridgehead atoms. The van der Waals surface area contributed by atoms with E-state index in [2.05, 4.69) is 10.1 Å².